The van der Waals surface area contributed by atoms with Crippen LogP contribution in [0.15, 0.2) is 84.9 Å². The molecular formula is C21H21Zr-. The van der Waals surface area contributed by atoms with Crippen molar-refractivity contribution >= 4 is 24.8 Å². The fraction of sp³-hybridized carbons (Fsp3) is 0.0952. The average molecular weight is 365 g/mol. The van der Waals surface area contributed by atoms with Crippen molar-refractivity contribution in [2.24, 2.45) is 0 Å². The summed E-state index contributed by atoms with van der Waals surface area (Å²) in [6.45, 7) is 4.25. The summed E-state index contributed by atoms with van der Waals surface area (Å²) in [6, 6.07) is 29.3. The Morgan fingerprint density at radius 3 is 1.45 bits per heavy atom. The Balaban J connectivity index is 0.000000182. The molecule has 0 aromatic heterocycles. The second-order valence-electron chi connectivity index (χ2n) is 5.31. The molecule has 0 saturated carbocycles. The predicted octanol–water partition coefficient (Wildman–Crippen LogP) is 5.98. The number of fused-ring (bicyclic) bond motifs is 2. The zero-order valence-electron chi connectivity index (χ0n) is 14.1. The van der Waals surface area contributed by atoms with E-state index in [1.807, 2.05) is 0 Å². The summed E-state index contributed by atoms with van der Waals surface area (Å²) in [4.78, 5) is 0. The summed E-state index contributed by atoms with van der Waals surface area (Å²) in [5, 5.41) is 5.32. The first-order valence-corrected chi connectivity index (χ1v) is 8.62. The molecule has 0 bridgehead atoms. The maximum Gasteiger partial charge on any atom is -0.0809 e. The van der Waals surface area contributed by atoms with Gasteiger partial charge in [-0.2, -0.15) is 35.0 Å². The molecule has 4 rings (SSSR count). The van der Waals surface area contributed by atoms with Crippen LogP contribution in [0.25, 0.3) is 21.5 Å². The minimum atomic E-state index is 0. The largest absolute Gasteiger partial charge is 1.00 e. The van der Waals surface area contributed by atoms with Crippen molar-refractivity contribution in [1.29, 1.82) is 0 Å². The third-order valence-corrected chi connectivity index (χ3v) is 3.10. The molecule has 0 unspecified atom stereocenters. The molecule has 4 aromatic rings. The second kappa shape index (κ2) is 8.76. The van der Waals surface area contributed by atoms with Gasteiger partial charge in [0.25, 0.3) is 0 Å². The van der Waals surface area contributed by atoms with Gasteiger partial charge in [-0.3, -0.25) is 0 Å². The maximum atomic E-state index is 2.12. The predicted molar refractivity (Wildman–Crippen MR) is 96.5 cm³/mol. The molecule has 0 atom stereocenters. The van der Waals surface area contributed by atoms with Crippen molar-refractivity contribution in [3.05, 3.63) is 84.9 Å². The monoisotopic (exact) mass is 363 g/mol. The van der Waals surface area contributed by atoms with Gasteiger partial charge in [-0.25, -0.2) is 0 Å². The Kier molecular flexibility index (Phi) is 6.68. The molecule has 0 radical (unpaired) electrons. The van der Waals surface area contributed by atoms with Gasteiger partial charge in [0.2, 0.25) is 0 Å². The van der Waals surface area contributed by atoms with E-state index in [1.165, 1.54) is 24.8 Å². The quantitative estimate of drug-likeness (QED) is 0.337. The smallest absolute Gasteiger partial charge is 0.0809 e. The first kappa shape index (κ1) is 16.8. The summed E-state index contributed by atoms with van der Waals surface area (Å²) in [7, 11) is 0. The molecule has 0 saturated heterocycles. The minimum absolute atomic E-state index is 0. The van der Waals surface area contributed by atoms with Crippen molar-refractivity contribution in [2.45, 2.75) is 13.8 Å². The molecule has 0 fully saturated rings. The Hall–Kier alpha value is -1.59. The van der Waals surface area contributed by atoms with Crippen LogP contribution in [0.2, 0.25) is 0 Å². The summed E-state index contributed by atoms with van der Waals surface area (Å²) >= 11 is 1.55. The topological polar surface area (TPSA) is 0 Å². The van der Waals surface area contributed by atoms with Crippen molar-refractivity contribution in [1.82, 2.24) is 0 Å². The van der Waals surface area contributed by atoms with Crippen molar-refractivity contribution in [3.63, 3.8) is 0 Å². The average Bonchev–Trinajstić information content (AvgIpc) is 3.16. The van der Waals surface area contributed by atoms with Gasteiger partial charge in [0.05, 0.1) is 0 Å². The third-order valence-electron chi connectivity index (χ3n) is 3.10. The molecule has 0 nitrogen and oxygen atoms in total. The van der Waals surface area contributed by atoms with Gasteiger partial charge in [0.15, 0.2) is 0 Å². The van der Waals surface area contributed by atoms with Gasteiger partial charge in [-0.05, 0) is 0 Å². The first-order valence-electron chi connectivity index (χ1n) is 7.39. The molecule has 0 spiro atoms. The zero-order chi connectivity index (χ0) is 15.8. The molecule has 0 aliphatic heterocycles. The third kappa shape index (κ3) is 5.31. The van der Waals surface area contributed by atoms with Gasteiger partial charge in [-0.1, -0.05) is 12.1 Å². The Labute approximate surface area is 148 Å². The van der Waals surface area contributed by atoms with Gasteiger partial charge >= 0.3 is 41.3 Å². The van der Waals surface area contributed by atoms with Crippen LogP contribution < -0.4 is 0 Å². The van der Waals surface area contributed by atoms with Crippen molar-refractivity contribution in [3.8, 4) is 0 Å². The molecule has 22 heavy (non-hydrogen) atoms. The summed E-state index contributed by atoms with van der Waals surface area (Å²) in [6.07, 6.45) is 0. The van der Waals surface area contributed by atoms with Crippen LogP contribution in [0.1, 0.15) is 15.3 Å². The zero-order valence-corrected chi connectivity index (χ0v) is 15.5. The van der Waals surface area contributed by atoms with Crippen molar-refractivity contribution < 1.29 is 25.7 Å². The number of hydrogen-bond acceptors (Lipinski definition) is 0. The van der Waals surface area contributed by atoms with E-state index in [4.69, 9.17) is 0 Å². The van der Waals surface area contributed by atoms with Crippen LogP contribution >= 0.6 is 0 Å². The van der Waals surface area contributed by atoms with E-state index in [2.05, 4.69) is 98.8 Å². The van der Waals surface area contributed by atoms with Crippen LogP contribution in [-0.2, 0) is 24.2 Å². The van der Waals surface area contributed by atoms with E-state index >= 15 is 0 Å². The van der Waals surface area contributed by atoms with E-state index in [-0.39, 0.29) is 1.43 Å². The first-order chi connectivity index (χ1) is 10.7. The minimum Gasteiger partial charge on any atom is -1.00 e. The molecule has 0 heterocycles. The number of benzene rings is 2. The van der Waals surface area contributed by atoms with E-state index in [9.17, 15) is 0 Å². The van der Waals surface area contributed by atoms with Crippen LogP contribution in [0, 0.1) is 0 Å². The fourth-order valence-electron chi connectivity index (χ4n) is 2.14. The van der Waals surface area contributed by atoms with Crippen LogP contribution in [-0.4, -0.2) is 3.21 Å². The molecule has 1 heteroatoms. The Morgan fingerprint density at radius 1 is 0.727 bits per heavy atom. The fourth-order valence-corrected chi connectivity index (χ4v) is 2.14. The Morgan fingerprint density at radius 2 is 1.09 bits per heavy atom. The van der Waals surface area contributed by atoms with Gasteiger partial charge in [0.1, 0.15) is 0 Å². The summed E-state index contributed by atoms with van der Waals surface area (Å²) in [5.41, 5.74) is 0. The standard InChI is InChI=1S/2C9H7.C3H6.Zr.H/c2*1-2-5-9-7-3-6-8(9)4-1;1-3-2;;/h2*1-7H;1-2H3;;/q2*-1;;+2;-1. The molecule has 0 aliphatic carbocycles. The molecule has 0 aliphatic rings. The van der Waals surface area contributed by atoms with Crippen LogP contribution in [0.3, 0.4) is 0 Å². The summed E-state index contributed by atoms with van der Waals surface area (Å²) < 4.78 is 1.51. The van der Waals surface area contributed by atoms with Gasteiger partial charge < -0.3 is 1.43 Å². The molecule has 0 N–H and O–H groups in total. The summed E-state index contributed by atoms with van der Waals surface area (Å²) in [5.74, 6) is 0. The Bertz CT molecular complexity index is 708. The number of hydrogen-bond donors (Lipinski definition) is 0. The molecule has 110 valence electrons. The van der Waals surface area contributed by atoms with Crippen LogP contribution in [0.5, 0.6) is 0 Å². The normalized spacial score (nSPS) is 9.64. The molecular weight excluding hydrogens is 343 g/mol. The molecule has 0 amide bonds. The maximum absolute atomic E-state index is 2.12. The van der Waals surface area contributed by atoms with E-state index in [1.54, 1.807) is 24.2 Å². The van der Waals surface area contributed by atoms with Gasteiger partial charge in [0, 0.05) is 0 Å². The number of rotatable bonds is 0. The van der Waals surface area contributed by atoms with E-state index in [0.717, 1.165) is 0 Å². The second-order valence-corrected chi connectivity index (χ2v) is 7.77. The molecule has 4 aromatic carbocycles. The van der Waals surface area contributed by atoms with E-state index in [0.29, 0.717) is 0 Å². The van der Waals surface area contributed by atoms with Crippen molar-refractivity contribution in [2.75, 3.05) is 0 Å². The van der Waals surface area contributed by atoms with E-state index < -0.39 is 0 Å². The van der Waals surface area contributed by atoms with Gasteiger partial charge in [-0.15, -0.1) is 59.3 Å². The van der Waals surface area contributed by atoms with Crippen LogP contribution in [0.4, 0.5) is 0 Å². The SMILES string of the molecule is C[C](C)=[Zr+2].[H-].c1ccc2[cH-]ccc2c1.c1ccc2[cH-]ccc2c1.